The molecule has 2 N–H and O–H groups in total. The standard InChI is InChI=1S/C15H15N3O2/c1-9-12(15(19)20-2)13(10-6-4-3-5-7-10)11-8-16-18-14(11)17-9/h3-8,13H,1-2H3,(H2,16,17,18)/t13-/m1/s1. The Morgan fingerprint density at radius 1 is 1.30 bits per heavy atom. The second-order valence-corrected chi connectivity index (χ2v) is 4.70. The van der Waals surface area contributed by atoms with E-state index in [9.17, 15) is 4.79 Å². The van der Waals surface area contributed by atoms with Gasteiger partial charge in [0, 0.05) is 17.2 Å². The molecular weight excluding hydrogens is 254 g/mol. The van der Waals surface area contributed by atoms with E-state index in [1.807, 2.05) is 37.3 Å². The molecule has 1 aromatic carbocycles. The highest BCUT2D eigenvalue weighted by Crippen LogP contribution is 2.40. The van der Waals surface area contributed by atoms with Crippen LogP contribution in [-0.4, -0.2) is 23.3 Å². The van der Waals surface area contributed by atoms with E-state index in [2.05, 4.69) is 15.5 Å². The van der Waals surface area contributed by atoms with Crippen LogP contribution in [0.15, 0.2) is 47.8 Å². The molecule has 2 heterocycles. The molecule has 0 saturated heterocycles. The fraction of sp³-hybridized carbons (Fsp3) is 0.200. The number of hydrogen-bond donors (Lipinski definition) is 2. The van der Waals surface area contributed by atoms with Crippen molar-refractivity contribution in [3.63, 3.8) is 0 Å². The van der Waals surface area contributed by atoms with Gasteiger partial charge in [0.15, 0.2) is 0 Å². The molecule has 0 saturated carbocycles. The van der Waals surface area contributed by atoms with E-state index < -0.39 is 0 Å². The van der Waals surface area contributed by atoms with Crippen molar-refractivity contribution in [2.45, 2.75) is 12.8 Å². The number of carbonyl (C=O) groups is 1. The average molecular weight is 269 g/mol. The van der Waals surface area contributed by atoms with Crippen LogP contribution in [0.25, 0.3) is 0 Å². The first-order chi connectivity index (χ1) is 9.72. The zero-order valence-electron chi connectivity index (χ0n) is 11.3. The number of aromatic amines is 1. The number of methoxy groups -OCH3 is 1. The lowest BCUT2D eigenvalue weighted by Gasteiger charge is -2.26. The number of ether oxygens (including phenoxy) is 1. The highest BCUT2D eigenvalue weighted by Gasteiger charge is 2.33. The van der Waals surface area contributed by atoms with Gasteiger partial charge in [-0.15, -0.1) is 0 Å². The minimum absolute atomic E-state index is 0.168. The first-order valence-corrected chi connectivity index (χ1v) is 6.36. The molecule has 1 aliphatic rings. The van der Waals surface area contributed by atoms with Gasteiger partial charge in [-0.3, -0.25) is 5.10 Å². The summed E-state index contributed by atoms with van der Waals surface area (Å²) in [6.07, 6.45) is 1.75. The van der Waals surface area contributed by atoms with Crippen molar-refractivity contribution in [3.05, 3.63) is 58.9 Å². The molecule has 1 aromatic heterocycles. The van der Waals surface area contributed by atoms with Crippen molar-refractivity contribution in [1.29, 1.82) is 0 Å². The van der Waals surface area contributed by atoms with Crippen LogP contribution < -0.4 is 5.32 Å². The SMILES string of the molecule is COC(=O)C1=C(C)Nc2[nH]ncc2[C@H]1c1ccccc1. The topological polar surface area (TPSA) is 67.0 Å². The smallest absolute Gasteiger partial charge is 0.336 e. The van der Waals surface area contributed by atoms with E-state index in [0.29, 0.717) is 5.57 Å². The normalized spacial score (nSPS) is 17.4. The quantitative estimate of drug-likeness (QED) is 0.822. The molecule has 102 valence electrons. The van der Waals surface area contributed by atoms with Gasteiger partial charge in [0.25, 0.3) is 0 Å². The minimum atomic E-state index is -0.323. The monoisotopic (exact) mass is 269 g/mol. The van der Waals surface area contributed by atoms with E-state index in [-0.39, 0.29) is 11.9 Å². The fourth-order valence-corrected chi connectivity index (χ4v) is 2.61. The predicted molar refractivity (Wildman–Crippen MR) is 75.2 cm³/mol. The van der Waals surface area contributed by atoms with Gasteiger partial charge in [-0.1, -0.05) is 30.3 Å². The maximum Gasteiger partial charge on any atom is 0.336 e. The molecule has 5 nitrogen and oxygen atoms in total. The molecule has 0 radical (unpaired) electrons. The summed E-state index contributed by atoms with van der Waals surface area (Å²) < 4.78 is 4.94. The first-order valence-electron chi connectivity index (χ1n) is 6.36. The molecule has 0 fully saturated rings. The van der Waals surface area contributed by atoms with Gasteiger partial charge in [-0.25, -0.2) is 4.79 Å². The summed E-state index contributed by atoms with van der Waals surface area (Å²) in [6, 6.07) is 9.88. The van der Waals surface area contributed by atoms with Crippen molar-refractivity contribution in [3.8, 4) is 0 Å². The molecule has 20 heavy (non-hydrogen) atoms. The van der Waals surface area contributed by atoms with Crippen molar-refractivity contribution in [2.75, 3.05) is 12.4 Å². The van der Waals surface area contributed by atoms with Crippen LogP contribution >= 0.6 is 0 Å². The number of H-pyrrole nitrogens is 1. The maximum absolute atomic E-state index is 12.1. The van der Waals surface area contributed by atoms with E-state index in [1.165, 1.54) is 7.11 Å². The van der Waals surface area contributed by atoms with Gasteiger partial charge in [-0.2, -0.15) is 5.10 Å². The third kappa shape index (κ3) is 1.87. The summed E-state index contributed by atoms with van der Waals surface area (Å²) in [5, 5.41) is 10.2. The van der Waals surface area contributed by atoms with Crippen molar-refractivity contribution >= 4 is 11.8 Å². The van der Waals surface area contributed by atoms with Crippen LogP contribution in [0.2, 0.25) is 0 Å². The van der Waals surface area contributed by atoms with E-state index in [1.54, 1.807) is 6.20 Å². The number of benzene rings is 1. The van der Waals surface area contributed by atoms with Crippen LogP contribution in [0.1, 0.15) is 24.0 Å². The van der Waals surface area contributed by atoms with Gasteiger partial charge < -0.3 is 10.1 Å². The molecule has 0 bridgehead atoms. The van der Waals surface area contributed by atoms with Crippen molar-refractivity contribution in [1.82, 2.24) is 10.2 Å². The molecule has 1 aliphatic heterocycles. The predicted octanol–water partition coefficient (Wildman–Crippen LogP) is 2.41. The highest BCUT2D eigenvalue weighted by molar-refractivity contribution is 5.94. The molecular formula is C15H15N3O2. The van der Waals surface area contributed by atoms with Crippen molar-refractivity contribution in [2.24, 2.45) is 0 Å². The Bertz CT molecular complexity index is 673. The Hall–Kier alpha value is -2.56. The number of nitrogens with one attached hydrogen (secondary N) is 2. The number of allylic oxidation sites excluding steroid dienone is 1. The van der Waals surface area contributed by atoms with Crippen LogP contribution in [0.4, 0.5) is 5.82 Å². The number of nitrogens with zero attached hydrogens (tertiary/aromatic N) is 1. The third-order valence-corrected chi connectivity index (χ3v) is 3.52. The molecule has 3 rings (SSSR count). The van der Waals surface area contributed by atoms with Crippen LogP contribution in [-0.2, 0) is 9.53 Å². The Balaban J connectivity index is 2.19. The number of carbonyl (C=O) groups excluding carboxylic acids is 1. The molecule has 1 atom stereocenters. The van der Waals surface area contributed by atoms with Crippen LogP contribution in [0.5, 0.6) is 0 Å². The summed E-state index contributed by atoms with van der Waals surface area (Å²) in [5.74, 6) is 0.332. The summed E-state index contributed by atoms with van der Waals surface area (Å²) in [6.45, 7) is 1.87. The second kappa shape index (κ2) is 4.85. The number of rotatable bonds is 2. The van der Waals surface area contributed by atoms with Crippen molar-refractivity contribution < 1.29 is 9.53 Å². The average Bonchev–Trinajstić information content (AvgIpc) is 2.93. The molecule has 0 amide bonds. The molecule has 0 aliphatic carbocycles. The molecule has 5 heteroatoms. The molecule has 2 aromatic rings. The van der Waals surface area contributed by atoms with Gasteiger partial charge in [0.05, 0.1) is 18.9 Å². The maximum atomic E-state index is 12.1. The van der Waals surface area contributed by atoms with E-state index in [4.69, 9.17) is 4.74 Å². The number of hydrogen-bond acceptors (Lipinski definition) is 4. The Kier molecular flexibility index (Phi) is 3.02. The second-order valence-electron chi connectivity index (χ2n) is 4.70. The largest absolute Gasteiger partial charge is 0.466 e. The number of aromatic nitrogens is 2. The Morgan fingerprint density at radius 2 is 2.05 bits per heavy atom. The lowest BCUT2D eigenvalue weighted by atomic mass is 9.83. The third-order valence-electron chi connectivity index (χ3n) is 3.52. The zero-order valence-corrected chi connectivity index (χ0v) is 11.3. The fourth-order valence-electron chi connectivity index (χ4n) is 2.61. The Labute approximate surface area is 116 Å². The number of fused-ring (bicyclic) bond motifs is 1. The van der Waals surface area contributed by atoms with Crippen LogP contribution in [0, 0.1) is 0 Å². The van der Waals surface area contributed by atoms with Gasteiger partial charge in [-0.05, 0) is 12.5 Å². The van der Waals surface area contributed by atoms with Crippen LogP contribution in [0.3, 0.4) is 0 Å². The highest BCUT2D eigenvalue weighted by atomic mass is 16.5. The van der Waals surface area contributed by atoms with Gasteiger partial charge in [0.1, 0.15) is 5.82 Å². The summed E-state index contributed by atoms with van der Waals surface area (Å²) in [4.78, 5) is 12.1. The lowest BCUT2D eigenvalue weighted by molar-refractivity contribution is -0.136. The van der Waals surface area contributed by atoms with Gasteiger partial charge >= 0.3 is 5.97 Å². The summed E-state index contributed by atoms with van der Waals surface area (Å²) >= 11 is 0. The zero-order chi connectivity index (χ0) is 14.1. The lowest BCUT2D eigenvalue weighted by Crippen LogP contribution is -2.23. The van der Waals surface area contributed by atoms with E-state index in [0.717, 1.165) is 22.6 Å². The number of esters is 1. The number of anilines is 1. The van der Waals surface area contributed by atoms with Gasteiger partial charge in [0.2, 0.25) is 0 Å². The summed E-state index contributed by atoms with van der Waals surface area (Å²) in [7, 11) is 1.40. The Morgan fingerprint density at radius 3 is 2.75 bits per heavy atom. The molecule has 0 spiro atoms. The summed E-state index contributed by atoms with van der Waals surface area (Å²) in [5.41, 5.74) is 3.38. The first kappa shape index (κ1) is 12.5. The minimum Gasteiger partial charge on any atom is -0.466 e. The van der Waals surface area contributed by atoms with E-state index >= 15 is 0 Å². The molecule has 0 unspecified atom stereocenters.